The molecule has 1 aliphatic heterocycles. The van der Waals surface area contributed by atoms with E-state index in [2.05, 4.69) is 26.0 Å². The third kappa shape index (κ3) is 3.49. The van der Waals surface area contributed by atoms with Gasteiger partial charge in [0.2, 0.25) is 10.0 Å². The first kappa shape index (κ1) is 15.3. The second-order valence-corrected chi connectivity index (χ2v) is 7.58. The Labute approximate surface area is 127 Å². The highest BCUT2D eigenvalue weighted by molar-refractivity contribution is 9.10. The van der Waals surface area contributed by atoms with Crippen LogP contribution in [0.3, 0.4) is 0 Å². The molecule has 0 aliphatic carbocycles. The number of rotatable bonds is 3. The summed E-state index contributed by atoms with van der Waals surface area (Å²) in [5, 5.41) is 3.48. The van der Waals surface area contributed by atoms with Crippen molar-refractivity contribution in [3.63, 3.8) is 0 Å². The van der Waals surface area contributed by atoms with Gasteiger partial charge in [-0.3, -0.25) is 0 Å². The third-order valence-electron chi connectivity index (χ3n) is 3.27. The molecular weight excluding hydrogens is 352 g/mol. The van der Waals surface area contributed by atoms with Gasteiger partial charge < -0.3 is 5.32 Å². The van der Waals surface area contributed by atoms with Crippen molar-refractivity contribution in [2.75, 3.05) is 6.54 Å². The van der Waals surface area contributed by atoms with Gasteiger partial charge in [0.15, 0.2) is 0 Å². The smallest absolute Gasteiger partial charge is 0.242 e. The molecule has 2 N–H and O–H groups in total. The van der Waals surface area contributed by atoms with E-state index in [9.17, 15) is 8.42 Å². The molecule has 2 unspecified atom stereocenters. The van der Waals surface area contributed by atoms with Crippen molar-refractivity contribution >= 4 is 37.6 Å². The first-order chi connectivity index (χ1) is 8.92. The SMILES string of the molecule is CC1NCCCC1NS(=O)(=O)c1cccc(Br)c1Cl. The van der Waals surface area contributed by atoms with Crippen LogP contribution >= 0.6 is 27.5 Å². The minimum absolute atomic E-state index is 0.103. The molecule has 1 aliphatic rings. The molecule has 0 amide bonds. The predicted molar refractivity (Wildman–Crippen MR) is 80.0 cm³/mol. The van der Waals surface area contributed by atoms with Crippen molar-refractivity contribution in [1.29, 1.82) is 0 Å². The normalized spacial score (nSPS) is 24.4. The maximum absolute atomic E-state index is 12.4. The van der Waals surface area contributed by atoms with Gasteiger partial charge in [-0.05, 0) is 54.4 Å². The Morgan fingerprint density at radius 3 is 2.89 bits per heavy atom. The Balaban J connectivity index is 2.25. The summed E-state index contributed by atoms with van der Waals surface area (Å²) in [6, 6.07) is 4.90. The average Bonchev–Trinajstić information content (AvgIpc) is 2.35. The van der Waals surface area contributed by atoms with E-state index in [-0.39, 0.29) is 22.0 Å². The minimum Gasteiger partial charge on any atom is -0.313 e. The highest BCUT2D eigenvalue weighted by atomic mass is 79.9. The van der Waals surface area contributed by atoms with Gasteiger partial charge in [0.25, 0.3) is 0 Å². The van der Waals surface area contributed by atoms with Crippen LogP contribution in [-0.4, -0.2) is 27.0 Å². The molecule has 0 aromatic heterocycles. The van der Waals surface area contributed by atoms with Crippen LogP contribution in [0.5, 0.6) is 0 Å². The fourth-order valence-electron chi connectivity index (χ4n) is 2.16. The van der Waals surface area contributed by atoms with Gasteiger partial charge >= 0.3 is 0 Å². The maximum Gasteiger partial charge on any atom is 0.242 e. The van der Waals surface area contributed by atoms with Gasteiger partial charge in [-0.1, -0.05) is 17.7 Å². The number of hydrogen-bond donors (Lipinski definition) is 2. The average molecular weight is 368 g/mol. The van der Waals surface area contributed by atoms with Crippen LogP contribution in [0.4, 0.5) is 0 Å². The topological polar surface area (TPSA) is 58.2 Å². The number of piperidine rings is 1. The summed E-state index contributed by atoms with van der Waals surface area (Å²) >= 11 is 9.29. The van der Waals surface area contributed by atoms with Gasteiger partial charge in [0, 0.05) is 16.6 Å². The Bertz CT molecular complexity index is 565. The largest absolute Gasteiger partial charge is 0.313 e. The van der Waals surface area contributed by atoms with Gasteiger partial charge in [-0.15, -0.1) is 0 Å². The molecule has 1 fully saturated rings. The molecule has 1 saturated heterocycles. The third-order valence-corrected chi connectivity index (χ3v) is 6.21. The quantitative estimate of drug-likeness (QED) is 0.863. The molecule has 19 heavy (non-hydrogen) atoms. The molecule has 4 nitrogen and oxygen atoms in total. The number of benzene rings is 1. The van der Waals surface area contributed by atoms with Crippen LogP contribution < -0.4 is 10.0 Å². The van der Waals surface area contributed by atoms with Crippen LogP contribution in [0, 0.1) is 0 Å². The number of halogens is 2. The number of sulfonamides is 1. The van der Waals surface area contributed by atoms with Gasteiger partial charge in [0.05, 0.1) is 5.02 Å². The highest BCUT2D eigenvalue weighted by Gasteiger charge is 2.28. The Morgan fingerprint density at radius 2 is 2.21 bits per heavy atom. The van der Waals surface area contributed by atoms with E-state index in [4.69, 9.17) is 11.6 Å². The molecule has 106 valence electrons. The minimum atomic E-state index is -3.60. The first-order valence-electron chi connectivity index (χ1n) is 6.11. The Hall–Kier alpha value is -0.140. The number of hydrogen-bond acceptors (Lipinski definition) is 3. The molecule has 1 heterocycles. The lowest BCUT2D eigenvalue weighted by Gasteiger charge is -2.30. The summed E-state index contributed by atoms with van der Waals surface area (Å²) in [5.41, 5.74) is 0. The molecule has 0 radical (unpaired) electrons. The van der Waals surface area contributed by atoms with Crippen molar-refractivity contribution in [2.24, 2.45) is 0 Å². The summed E-state index contributed by atoms with van der Waals surface area (Å²) < 4.78 is 28.1. The summed E-state index contributed by atoms with van der Waals surface area (Å²) in [6.45, 7) is 2.91. The predicted octanol–water partition coefficient (Wildman–Crippen LogP) is 2.52. The van der Waals surface area contributed by atoms with Crippen LogP contribution in [0.15, 0.2) is 27.6 Å². The zero-order chi connectivity index (χ0) is 14.0. The number of nitrogens with one attached hydrogen (secondary N) is 2. The van der Waals surface area contributed by atoms with Crippen molar-refractivity contribution in [2.45, 2.75) is 36.7 Å². The van der Waals surface area contributed by atoms with Crippen LogP contribution in [0.1, 0.15) is 19.8 Å². The summed E-state index contributed by atoms with van der Waals surface area (Å²) in [4.78, 5) is 0.112. The second-order valence-electron chi connectivity index (χ2n) is 4.66. The molecule has 2 rings (SSSR count). The lowest BCUT2D eigenvalue weighted by atomic mass is 10.0. The van der Waals surface area contributed by atoms with Crippen LogP contribution in [-0.2, 0) is 10.0 Å². The second kappa shape index (κ2) is 6.10. The molecule has 2 atom stereocenters. The van der Waals surface area contributed by atoms with Crippen molar-refractivity contribution in [1.82, 2.24) is 10.0 Å². The van der Waals surface area contributed by atoms with E-state index in [0.717, 1.165) is 19.4 Å². The van der Waals surface area contributed by atoms with E-state index in [1.807, 2.05) is 6.92 Å². The molecule has 0 spiro atoms. The highest BCUT2D eigenvalue weighted by Crippen LogP contribution is 2.29. The van der Waals surface area contributed by atoms with E-state index < -0.39 is 10.0 Å². The van der Waals surface area contributed by atoms with Crippen molar-refractivity contribution in [3.05, 3.63) is 27.7 Å². The summed E-state index contributed by atoms with van der Waals surface area (Å²) in [7, 11) is -3.60. The van der Waals surface area contributed by atoms with E-state index in [1.54, 1.807) is 12.1 Å². The maximum atomic E-state index is 12.4. The Morgan fingerprint density at radius 1 is 1.47 bits per heavy atom. The summed E-state index contributed by atoms with van der Waals surface area (Å²) in [5.74, 6) is 0. The monoisotopic (exact) mass is 366 g/mol. The standard InChI is InChI=1S/C12H16BrClN2O2S/c1-8-10(5-3-7-15-8)16-19(17,18)11-6-2-4-9(13)12(11)14/h2,4,6,8,10,15-16H,3,5,7H2,1H3. The zero-order valence-corrected chi connectivity index (χ0v) is 13.6. The molecule has 0 bridgehead atoms. The van der Waals surface area contributed by atoms with E-state index >= 15 is 0 Å². The molecule has 1 aromatic carbocycles. The Kier molecular flexibility index (Phi) is 4.89. The lowest BCUT2D eigenvalue weighted by Crippen LogP contribution is -2.51. The molecular formula is C12H16BrClN2O2S. The molecule has 1 aromatic rings. The fourth-order valence-corrected chi connectivity index (χ4v) is 4.54. The van der Waals surface area contributed by atoms with Crippen molar-refractivity contribution < 1.29 is 8.42 Å². The first-order valence-corrected chi connectivity index (χ1v) is 8.77. The summed E-state index contributed by atoms with van der Waals surface area (Å²) in [6.07, 6.45) is 1.79. The van der Waals surface area contributed by atoms with Crippen molar-refractivity contribution in [3.8, 4) is 0 Å². The van der Waals surface area contributed by atoms with Crippen LogP contribution in [0.25, 0.3) is 0 Å². The molecule has 0 saturated carbocycles. The molecule has 7 heteroatoms. The lowest BCUT2D eigenvalue weighted by molar-refractivity contribution is 0.349. The zero-order valence-electron chi connectivity index (χ0n) is 10.5. The van der Waals surface area contributed by atoms with Crippen LogP contribution in [0.2, 0.25) is 5.02 Å². The fraction of sp³-hybridized carbons (Fsp3) is 0.500. The van der Waals surface area contributed by atoms with Gasteiger partial charge in [-0.2, -0.15) is 0 Å². The van der Waals surface area contributed by atoms with E-state index in [1.165, 1.54) is 6.07 Å². The van der Waals surface area contributed by atoms with E-state index in [0.29, 0.717) is 4.47 Å². The van der Waals surface area contributed by atoms with Gasteiger partial charge in [0.1, 0.15) is 4.90 Å². The van der Waals surface area contributed by atoms with Gasteiger partial charge in [-0.25, -0.2) is 13.1 Å².